The van der Waals surface area contributed by atoms with Crippen LogP contribution < -0.4 is 15.1 Å². The monoisotopic (exact) mass is 523 g/mol. The molecule has 0 unspecified atom stereocenters. The zero-order valence-corrected chi connectivity index (χ0v) is 21.1. The molecule has 0 spiro atoms. The standard InChI is InChI=1S/C29H28F3N3O3/c1-3-34(4-2)20-13-11-18(12-14-20)19-16-22-26(24(36)17-19)27(25-10-7-15-38-25)35(28(37)29(30,31)32)23-9-6-5-8-21(23)33-22/h5-15,19,27,33H,3-4,16-17H2,1-2H3/t19-,27-/m0/s1. The number of Topliss-reactive ketones (excluding diaryl/α,β-unsaturated/α-hetero) is 1. The smallest absolute Gasteiger partial charge is 0.467 e. The van der Waals surface area contributed by atoms with Crippen molar-refractivity contribution in [1.82, 2.24) is 0 Å². The molecule has 5 rings (SSSR count). The Kier molecular flexibility index (Phi) is 6.77. The largest absolute Gasteiger partial charge is 0.471 e. The third kappa shape index (κ3) is 4.57. The minimum atomic E-state index is -5.16. The molecule has 2 aliphatic rings. The van der Waals surface area contributed by atoms with E-state index in [2.05, 4.69) is 24.1 Å². The number of rotatable bonds is 5. The summed E-state index contributed by atoms with van der Waals surface area (Å²) >= 11 is 0. The highest BCUT2D eigenvalue weighted by Crippen LogP contribution is 2.48. The first-order valence-corrected chi connectivity index (χ1v) is 12.6. The summed E-state index contributed by atoms with van der Waals surface area (Å²) in [5.74, 6) is -2.48. The molecule has 6 nitrogen and oxygen atoms in total. The van der Waals surface area contributed by atoms with Gasteiger partial charge in [-0.2, -0.15) is 13.2 Å². The number of nitrogens with zero attached hydrogens (tertiary/aromatic N) is 2. The van der Waals surface area contributed by atoms with Gasteiger partial charge in [0.15, 0.2) is 5.78 Å². The number of allylic oxidation sites excluding steroid dienone is 1. The van der Waals surface area contributed by atoms with Gasteiger partial charge >= 0.3 is 12.1 Å². The average Bonchev–Trinajstić information content (AvgIpc) is 3.38. The van der Waals surface area contributed by atoms with Gasteiger partial charge in [-0.1, -0.05) is 24.3 Å². The normalized spacial score (nSPS) is 19.4. The highest BCUT2D eigenvalue weighted by atomic mass is 19.4. The van der Waals surface area contributed by atoms with Crippen LogP contribution in [-0.2, 0) is 9.59 Å². The molecule has 1 aliphatic heterocycles. The topological polar surface area (TPSA) is 65.8 Å². The number of nitrogens with one attached hydrogen (secondary N) is 1. The van der Waals surface area contributed by atoms with Gasteiger partial charge in [0.1, 0.15) is 11.8 Å². The minimum Gasteiger partial charge on any atom is -0.467 e. The molecular formula is C29H28F3N3O3. The Hall–Kier alpha value is -4.01. The van der Waals surface area contributed by atoms with Crippen molar-refractivity contribution in [2.75, 3.05) is 28.2 Å². The molecule has 1 amide bonds. The molecule has 0 saturated carbocycles. The molecule has 0 radical (unpaired) electrons. The van der Waals surface area contributed by atoms with E-state index < -0.39 is 18.1 Å². The molecular weight excluding hydrogens is 495 g/mol. The van der Waals surface area contributed by atoms with Crippen LogP contribution in [0.15, 0.2) is 82.6 Å². The Morgan fingerprint density at radius 3 is 2.37 bits per heavy atom. The van der Waals surface area contributed by atoms with Gasteiger partial charge in [-0.15, -0.1) is 0 Å². The second kappa shape index (κ2) is 10.0. The Bertz CT molecular complexity index is 1360. The third-order valence-corrected chi connectivity index (χ3v) is 7.26. The molecule has 2 heterocycles. The zero-order valence-electron chi connectivity index (χ0n) is 21.1. The molecule has 3 aromatic rings. The van der Waals surface area contributed by atoms with Gasteiger partial charge in [0, 0.05) is 36.5 Å². The fourth-order valence-electron chi connectivity index (χ4n) is 5.45. The number of furan rings is 1. The summed E-state index contributed by atoms with van der Waals surface area (Å²) in [6.07, 6.45) is -3.34. The number of hydrogen-bond acceptors (Lipinski definition) is 5. The quantitative estimate of drug-likeness (QED) is 0.409. The highest BCUT2D eigenvalue weighted by molar-refractivity contribution is 6.07. The maximum atomic E-state index is 13.9. The molecule has 0 saturated heterocycles. The van der Waals surface area contributed by atoms with Crippen LogP contribution in [0.3, 0.4) is 0 Å². The Morgan fingerprint density at radius 2 is 1.74 bits per heavy atom. The molecule has 9 heteroatoms. The van der Waals surface area contributed by atoms with Crippen molar-refractivity contribution in [1.29, 1.82) is 0 Å². The van der Waals surface area contributed by atoms with E-state index in [1.54, 1.807) is 18.2 Å². The lowest BCUT2D eigenvalue weighted by molar-refractivity contribution is -0.171. The minimum absolute atomic E-state index is 0.0264. The first kappa shape index (κ1) is 25.6. The predicted molar refractivity (Wildman–Crippen MR) is 139 cm³/mol. The summed E-state index contributed by atoms with van der Waals surface area (Å²) in [5, 5.41) is 3.22. The van der Waals surface area contributed by atoms with Crippen molar-refractivity contribution in [2.45, 2.75) is 44.8 Å². The summed E-state index contributed by atoms with van der Waals surface area (Å²) < 4.78 is 47.1. The van der Waals surface area contributed by atoms with Gasteiger partial charge in [-0.25, -0.2) is 0 Å². The van der Waals surface area contributed by atoms with Crippen LogP contribution in [-0.4, -0.2) is 31.0 Å². The van der Waals surface area contributed by atoms with Crippen LogP contribution in [0.1, 0.15) is 50.0 Å². The first-order valence-electron chi connectivity index (χ1n) is 12.6. The summed E-state index contributed by atoms with van der Waals surface area (Å²) in [6.45, 7) is 5.92. The van der Waals surface area contributed by atoms with E-state index in [1.807, 2.05) is 24.3 Å². The number of para-hydroxylation sites is 2. The fraction of sp³-hybridized carbons (Fsp3) is 0.310. The number of anilines is 3. The van der Waals surface area contributed by atoms with Crippen molar-refractivity contribution in [3.05, 3.63) is 89.5 Å². The molecule has 1 aromatic heterocycles. The van der Waals surface area contributed by atoms with E-state index in [9.17, 15) is 22.8 Å². The molecule has 38 heavy (non-hydrogen) atoms. The van der Waals surface area contributed by atoms with E-state index >= 15 is 0 Å². The van der Waals surface area contributed by atoms with Gasteiger partial charge in [-0.05, 0) is 68.1 Å². The summed E-state index contributed by atoms with van der Waals surface area (Å²) in [5.41, 5.74) is 3.00. The number of carbonyl (C=O) groups is 2. The number of benzene rings is 2. The molecule has 1 aliphatic carbocycles. The van der Waals surface area contributed by atoms with Gasteiger partial charge in [0.2, 0.25) is 0 Å². The van der Waals surface area contributed by atoms with E-state index in [0.717, 1.165) is 24.3 Å². The van der Waals surface area contributed by atoms with Crippen molar-refractivity contribution in [3.8, 4) is 0 Å². The number of hydrogen-bond donors (Lipinski definition) is 1. The van der Waals surface area contributed by atoms with Crippen LogP contribution in [0, 0.1) is 0 Å². The number of fused-ring (bicyclic) bond motifs is 1. The number of ketones is 1. The van der Waals surface area contributed by atoms with Gasteiger partial charge in [0.25, 0.3) is 0 Å². The van der Waals surface area contributed by atoms with Gasteiger partial charge in [0.05, 0.1) is 17.6 Å². The van der Waals surface area contributed by atoms with Crippen LogP contribution in [0.5, 0.6) is 0 Å². The van der Waals surface area contributed by atoms with Crippen molar-refractivity contribution in [2.24, 2.45) is 0 Å². The summed E-state index contributed by atoms with van der Waals surface area (Å²) in [7, 11) is 0. The van der Waals surface area contributed by atoms with Crippen molar-refractivity contribution in [3.63, 3.8) is 0 Å². The van der Waals surface area contributed by atoms with E-state index in [4.69, 9.17) is 4.42 Å². The van der Waals surface area contributed by atoms with Crippen LogP contribution >= 0.6 is 0 Å². The van der Waals surface area contributed by atoms with Gasteiger partial charge in [-0.3, -0.25) is 14.5 Å². The number of halogens is 3. The molecule has 0 fully saturated rings. The summed E-state index contributed by atoms with van der Waals surface area (Å²) in [4.78, 5) is 29.4. The molecule has 2 atom stereocenters. The lowest BCUT2D eigenvalue weighted by atomic mass is 9.79. The SMILES string of the molecule is CCN(CC)c1ccc([C@@H]2CC(=O)C3=C(C2)Nc2ccccc2N(C(=O)C(F)(F)F)[C@H]3c2ccco2)cc1. The molecule has 2 aromatic carbocycles. The van der Waals surface area contributed by atoms with E-state index in [-0.39, 0.29) is 35.1 Å². The number of alkyl halides is 3. The fourth-order valence-corrected chi connectivity index (χ4v) is 5.45. The van der Waals surface area contributed by atoms with Crippen molar-refractivity contribution < 1.29 is 27.2 Å². The summed E-state index contributed by atoms with van der Waals surface area (Å²) in [6, 6.07) is 16.0. The second-order valence-electron chi connectivity index (χ2n) is 9.42. The molecule has 1 N–H and O–H groups in total. The Labute approximate surface area is 218 Å². The lowest BCUT2D eigenvalue weighted by Crippen LogP contribution is -2.45. The Morgan fingerprint density at radius 1 is 1.03 bits per heavy atom. The van der Waals surface area contributed by atoms with Gasteiger partial charge < -0.3 is 14.6 Å². The van der Waals surface area contributed by atoms with Crippen LogP contribution in [0.2, 0.25) is 0 Å². The van der Waals surface area contributed by atoms with Crippen LogP contribution in [0.4, 0.5) is 30.2 Å². The van der Waals surface area contributed by atoms with E-state index in [1.165, 1.54) is 24.5 Å². The molecule has 0 bridgehead atoms. The first-order chi connectivity index (χ1) is 18.2. The Balaban J connectivity index is 1.61. The number of carbonyl (C=O) groups excluding carboxylic acids is 2. The maximum absolute atomic E-state index is 13.9. The van der Waals surface area contributed by atoms with E-state index in [0.29, 0.717) is 22.7 Å². The predicted octanol–water partition coefficient (Wildman–Crippen LogP) is 6.59. The second-order valence-corrected chi connectivity index (χ2v) is 9.42. The lowest BCUT2D eigenvalue weighted by Gasteiger charge is -2.34. The molecule has 198 valence electrons. The zero-order chi connectivity index (χ0) is 27.0. The third-order valence-electron chi connectivity index (χ3n) is 7.26. The van der Waals surface area contributed by atoms with Crippen molar-refractivity contribution >= 4 is 28.8 Å². The number of amides is 1. The maximum Gasteiger partial charge on any atom is 0.471 e. The average molecular weight is 524 g/mol. The highest BCUT2D eigenvalue weighted by Gasteiger charge is 2.50. The van der Waals surface area contributed by atoms with Crippen LogP contribution in [0.25, 0.3) is 0 Å².